The maximum atomic E-state index is 9.69. The molecule has 0 aliphatic carbocycles. The van der Waals surface area contributed by atoms with Crippen LogP contribution in [0.1, 0.15) is 6.92 Å². The monoisotopic (exact) mass is 180 g/mol. The lowest BCUT2D eigenvalue weighted by Gasteiger charge is -1.85. The average molecular weight is 180 g/mol. The van der Waals surface area contributed by atoms with Crippen molar-refractivity contribution in [1.82, 2.24) is 0 Å². The number of hydrogen-bond donors (Lipinski definition) is 1. The van der Waals surface area contributed by atoms with Crippen LogP contribution in [-0.4, -0.2) is 27.7 Å². The van der Waals surface area contributed by atoms with E-state index in [1.54, 1.807) is 6.08 Å². The van der Waals surface area contributed by atoms with E-state index in [4.69, 9.17) is 0 Å². The number of ether oxygens (including phenoxy) is 1. The van der Waals surface area contributed by atoms with Crippen molar-refractivity contribution in [1.29, 1.82) is 0 Å². The van der Waals surface area contributed by atoms with E-state index in [9.17, 15) is 8.42 Å². The van der Waals surface area contributed by atoms with Crippen LogP contribution in [0.5, 0.6) is 0 Å². The highest BCUT2D eigenvalue weighted by Crippen LogP contribution is 2.07. The normalized spacial score (nSPS) is 20.4. The van der Waals surface area contributed by atoms with E-state index in [1.807, 2.05) is 6.92 Å². The summed E-state index contributed by atoms with van der Waals surface area (Å²) in [4.78, 5) is 0. The maximum absolute atomic E-state index is 9.69. The first kappa shape index (κ1) is 10.6. The van der Waals surface area contributed by atoms with Crippen molar-refractivity contribution >= 4 is 11.0 Å². The molecule has 0 N–H and O–H groups in total. The van der Waals surface area contributed by atoms with E-state index < -0.39 is 11.0 Å². The number of thiol groups is 1. The zero-order valence-corrected chi connectivity index (χ0v) is 7.25. The Bertz CT molecular complexity index is 163. The highest BCUT2D eigenvalue weighted by Gasteiger charge is 2.22. The SMILES string of the molecule is C=CC.O=[SH](=O)OCC1CO1. The van der Waals surface area contributed by atoms with Crippen molar-refractivity contribution in [2.24, 2.45) is 0 Å². The zero-order chi connectivity index (χ0) is 8.69. The topological polar surface area (TPSA) is 55.9 Å². The van der Waals surface area contributed by atoms with Crippen LogP contribution >= 0.6 is 0 Å². The van der Waals surface area contributed by atoms with Crippen LogP contribution in [0.3, 0.4) is 0 Å². The van der Waals surface area contributed by atoms with Gasteiger partial charge in [0.1, 0.15) is 6.10 Å². The van der Waals surface area contributed by atoms with Crippen LogP contribution in [0.4, 0.5) is 0 Å². The fourth-order valence-corrected chi connectivity index (χ4v) is 0.596. The standard InChI is InChI=1S/C3H6O4S.C3H6/c4-8(5)7-2-3-1-6-3;1-3-2/h3,8H,1-2H2;3H,1H2,2H3. The van der Waals surface area contributed by atoms with Gasteiger partial charge in [-0.1, -0.05) is 6.08 Å². The van der Waals surface area contributed by atoms with Gasteiger partial charge in [0.15, 0.2) is 0 Å². The quantitative estimate of drug-likeness (QED) is 0.381. The van der Waals surface area contributed by atoms with Gasteiger partial charge < -0.3 is 4.74 Å². The number of allylic oxidation sites excluding steroid dienone is 1. The summed E-state index contributed by atoms with van der Waals surface area (Å²) in [7, 11) is -2.67. The highest BCUT2D eigenvalue weighted by atomic mass is 32.2. The Hall–Kier alpha value is -0.390. The van der Waals surface area contributed by atoms with Gasteiger partial charge in [0, 0.05) is 0 Å². The Morgan fingerprint density at radius 1 is 1.82 bits per heavy atom. The Kier molecular flexibility index (Phi) is 6.10. The summed E-state index contributed by atoms with van der Waals surface area (Å²) in [6.07, 6.45) is 1.78. The van der Waals surface area contributed by atoms with E-state index in [0.29, 0.717) is 6.61 Å². The summed E-state index contributed by atoms with van der Waals surface area (Å²) in [5.74, 6) is 0. The average Bonchev–Trinajstić information content (AvgIpc) is 2.67. The molecule has 1 atom stereocenters. The third-order valence-corrected chi connectivity index (χ3v) is 1.13. The smallest absolute Gasteiger partial charge is 0.257 e. The van der Waals surface area contributed by atoms with Crippen LogP contribution in [0.2, 0.25) is 0 Å². The lowest BCUT2D eigenvalue weighted by molar-refractivity contribution is 0.275. The first-order valence-corrected chi connectivity index (χ1v) is 4.26. The molecule has 5 heteroatoms. The van der Waals surface area contributed by atoms with Crippen molar-refractivity contribution in [2.45, 2.75) is 13.0 Å². The summed E-state index contributed by atoms with van der Waals surface area (Å²) in [6.45, 7) is 6.06. The third kappa shape index (κ3) is 9.61. The molecular formula is C6H12O4S. The molecule has 0 spiro atoms. The first-order valence-electron chi connectivity index (χ1n) is 3.16. The van der Waals surface area contributed by atoms with Gasteiger partial charge in [-0.15, -0.1) is 6.58 Å². The van der Waals surface area contributed by atoms with Gasteiger partial charge in [-0.2, -0.15) is 0 Å². The molecule has 0 saturated carbocycles. The van der Waals surface area contributed by atoms with Crippen LogP contribution < -0.4 is 0 Å². The second-order valence-electron chi connectivity index (χ2n) is 1.88. The lowest BCUT2D eigenvalue weighted by Crippen LogP contribution is -1.98. The molecule has 1 rings (SSSR count). The molecule has 1 aliphatic heterocycles. The summed E-state index contributed by atoms with van der Waals surface area (Å²) < 4.78 is 28.2. The molecule has 1 unspecified atom stereocenters. The minimum absolute atomic E-state index is 0.0305. The molecule has 1 aliphatic rings. The fourth-order valence-electron chi connectivity index (χ4n) is 0.308. The van der Waals surface area contributed by atoms with Gasteiger partial charge in [0.2, 0.25) is 0 Å². The summed E-state index contributed by atoms with van der Waals surface area (Å²) >= 11 is 0. The molecule has 1 fully saturated rings. The van der Waals surface area contributed by atoms with Crippen molar-refractivity contribution in [3.05, 3.63) is 12.7 Å². The molecule has 0 amide bonds. The largest absolute Gasteiger partial charge is 0.371 e. The van der Waals surface area contributed by atoms with Gasteiger partial charge in [-0.05, 0) is 6.92 Å². The van der Waals surface area contributed by atoms with Crippen LogP contribution in [0.25, 0.3) is 0 Å². The van der Waals surface area contributed by atoms with E-state index >= 15 is 0 Å². The molecule has 4 nitrogen and oxygen atoms in total. The van der Waals surface area contributed by atoms with Crippen LogP contribution in [0.15, 0.2) is 12.7 Å². The van der Waals surface area contributed by atoms with Crippen molar-refractivity contribution in [3.63, 3.8) is 0 Å². The third-order valence-electron chi connectivity index (χ3n) is 0.768. The summed E-state index contributed by atoms with van der Waals surface area (Å²) in [5.41, 5.74) is 0. The van der Waals surface area contributed by atoms with Gasteiger partial charge in [-0.3, -0.25) is 4.18 Å². The maximum Gasteiger partial charge on any atom is 0.257 e. The van der Waals surface area contributed by atoms with Crippen molar-refractivity contribution in [2.75, 3.05) is 13.2 Å². The second kappa shape index (κ2) is 6.33. The Balaban J connectivity index is 0.000000292. The highest BCUT2D eigenvalue weighted by molar-refractivity contribution is 7.67. The molecule has 1 saturated heterocycles. The number of hydrogen-bond acceptors (Lipinski definition) is 4. The molecule has 0 radical (unpaired) electrons. The molecular weight excluding hydrogens is 168 g/mol. The van der Waals surface area contributed by atoms with E-state index in [-0.39, 0.29) is 12.7 Å². The van der Waals surface area contributed by atoms with Crippen LogP contribution in [-0.2, 0) is 19.9 Å². The molecule has 0 aromatic rings. The second-order valence-corrected chi connectivity index (χ2v) is 2.59. The van der Waals surface area contributed by atoms with Crippen molar-refractivity contribution in [3.8, 4) is 0 Å². The fraction of sp³-hybridized carbons (Fsp3) is 0.667. The van der Waals surface area contributed by atoms with Gasteiger partial charge in [-0.25, -0.2) is 8.42 Å². The molecule has 1 heterocycles. The minimum atomic E-state index is -2.67. The minimum Gasteiger partial charge on any atom is -0.371 e. The molecule has 66 valence electrons. The number of rotatable bonds is 3. The molecule has 0 aromatic heterocycles. The Morgan fingerprint density at radius 2 is 2.27 bits per heavy atom. The van der Waals surface area contributed by atoms with E-state index in [1.165, 1.54) is 0 Å². The molecule has 11 heavy (non-hydrogen) atoms. The van der Waals surface area contributed by atoms with Gasteiger partial charge in [0.05, 0.1) is 13.2 Å². The van der Waals surface area contributed by atoms with Crippen LogP contribution in [0, 0.1) is 0 Å². The number of epoxide rings is 1. The predicted molar refractivity (Wildman–Crippen MR) is 41.9 cm³/mol. The summed E-state index contributed by atoms with van der Waals surface area (Å²) in [6, 6.07) is 0. The molecule has 0 aromatic carbocycles. The van der Waals surface area contributed by atoms with Gasteiger partial charge in [0.25, 0.3) is 11.0 Å². The van der Waals surface area contributed by atoms with Gasteiger partial charge >= 0.3 is 0 Å². The van der Waals surface area contributed by atoms with E-state index in [0.717, 1.165) is 0 Å². The summed E-state index contributed by atoms with van der Waals surface area (Å²) in [5, 5.41) is 0. The predicted octanol–water partition coefficient (Wildman–Crippen LogP) is 0.120. The lowest BCUT2D eigenvalue weighted by atomic mass is 10.5. The molecule has 0 bridgehead atoms. The first-order chi connectivity index (χ1) is 5.20. The Morgan fingerprint density at radius 3 is 2.55 bits per heavy atom. The van der Waals surface area contributed by atoms with E-state index in [2.05, 4.69) is 15.5 Å². The van der Waals surface area contributed by atoms with Crippen molar-refractivity contribution < 1.29 is 17.3 Å². The Labute approximate surface area is 68.0 Å². The zero-order valence-electron chi connectivity index (χ0n) is 6.36.